The van der Waals surface area contributed by atoms with Gasteiger partial charge in [0.1, 0.15) is 0 Å². The van der Waals surface area contributed by atoms with Crippen LogP contribution in [0.15, 0.2) is 36.5 Å². The van der Waals surface area contributed by atoms with E-state index in [-0.39, 0.29) is 18.5 Å². The van der Waals surface area contributed by atoms with Gasteiger partial charge in [-0.1, -0.05) is 326 Å². The van der Waals surface area contributed by atoms with Crippen molar-refractivity contribution < 1.29 is 24.5 Å². The number of nitrogens with one attached hydrogen (secondary N) is 1. The maximum Gasteiger partial charge on any atom is 0.305 e. The number of hydrogen-bond donors (Lipinski definition) is 3. The Labute approximate surface area is 487 Å². The number of carbonyl (C=O) groups is 2. The van der Waals surface area contributed by atoms with Crippen LogP contribution < -0.4 is 5.32 Å². The zero-order valence-electron chi connectivity index (χ0n) is 52.7. The second kappa shape index (κ2) is 67.6. The molecule has 0 spiro atoms. The molecule has 0 radical (unpaired) electrons. The monoisotopic (exact) mass is 1100 g/mol. The number of aliphatic hydroxyl groups is 2. The van der Waals surface area contributed by atoms with E-state index in [2.05, 4.69) is 55.6 Å². The Balaban J connectivity index is 3.43. The molecule has 0 fully saturated rings. The van der Waals surface area contributed by atoms with Crippen LogP contribution in [-0.4, -0.2) is 47.4 Å². The first-order valence-corrected chi connectivity index (χ1v) is 35.2. The summed E-state index contributed by atoms with van der Waals surface area (Å²) in [5, 5.41) is 23.4. The molecular formula is C72H137NO5. The average molecular weight is 1100 g/mol. The van der Waals surface area contributed by atoms with Gasteiger partial charge in [-0.3, -0.25) is 9.59 Å². The largest absolute Gasteiger partial charge is 0.466 e. The fourth-order valence-electron chi connectivity index (χ4n) is 11.0. The van der Waals surface area contributed by atoms with Crippen molar-refractivity contribution >= 4 is 11.9 Å². The summed E-state index contributed by atoms with van der Waals surface area (Å²) in [6, 6.07) is -0.551. The Hall–Kier alpha value is -1.92. The number of carbonyl (C=O) groups excluding carboxylic acids is 2. The summed E-state index contributed by atoms with van der Waals surface area (Å²) >= 11 is 0. The fraction of sp³-hybridized carbons (Fsp3) is 0.889. The molecule has 0 aromatic rings. The molecule has 0 aliphatic carbocycles. The van der Waals surface area contributed by atoms with Gasteiger partial charge in [-0.25, -0.2) is 0 Å². The lowest BCUT2D eigenvalue weighted by atomic mass is 10.0. The van der Waals surface area contributed by atoms with Crippen LogP contribution in [0, 0.1) is 0 Å². The molecule has 2 unspecified atom stereocenters. The number of ether oxygens (including phenoxy) is 1. The molecule has 6 heteroatoms. The van der Waals surface area contributed by atoms with Crippen LogP contribution in [-0.2, 0) is 14.3 Å². The third kappa shape index (κ3) is 63.3. The van der Waals surface area contributed by atoms with E-state index in [1.165, 1.54) is 302 Å². The predicted octanol–water partition coefficient (Wildman–Crippen LogP) is 22.7. The first-order valence-electron chi connectivity index (χ1n) is 35.2. The van der Waals surface area contributed by atoms with E-state index in [0.29, 0.717) is 25.9 Å². The minimum atomic E-state index is -0.673. The summed E-state index contributed by atoms with van der Waals surface area (Å²) in [7, 11) is 0. The lowest BCUT2D eigenvalue weighted by Gasteiger charge is -2.22. The molecular weight excluding hydrogens is 959 g/mol. The Bertz CT molecular complexity index is 1260. The zero-order valence-corrected chi connectivity index (χ0v) is 52.7. The van der Waals surface area contributed by atoms with Gasteiger partial charge in [-0.2, -0.15) is 0 Å². The number of rotatable bonds is 66. The highest BCUT2D eigenvalue weighted by molar-refractivity contribution is 5.76. The standard InChI is InChI=1S/C72H137NO5/c1-3-5-7-9-11-13-15-17-19-21-23-24-25-26-29-32-36-40-44-48-52-56-60-64-70(75)69(68-74)73-71(76)65-61-57-53-49-45-41-37-33-30-27-31-35-39-43-47-51-55-59-63-67-78-72(77)66-62-58-54-50-46-42-38-34-28-22-20-18-16-14-12-10-8-6-4-2/h12,14,18,20,27,30,69-70,74-75H,3-11,13,15-17,19,21-26,28-29,31-68H2,1-2H3,(H,73,76)/b14-12-,20-18-,30-27-. The summed E-state index contributed by atoms with van der Waals surface area (Å²) in [6.45, 7) is 4.95. The predicted molar refractivity (Wildman–Crippen MR) is 343 cm³/mol. The molecule has 0 saturated heterocycles. The third-order valence-corrected chi connectivity index (χ3v) is 16.4. The van der Waals surface area contributed by atoms with Crippen molar-refractivity contribution in [1.29, 1.82) is 0 Å². The molecule has 0 rings (SSSR count). The first-order chi connectivity index (χ1) is 38.5. The molecule has 1 amide bonds. The normalized spacial score (nSPS) is 12.7. The molecule has 0 bridgehead atoms. The van der Waals surface area contributed by atoms with Crippen LogP contribution in [0.3, 0.4) is 0 Å². The lowest BCUT2D eigenvalue weighted by Crippen LogP contribution is -2.45. The maximum atomic E-state index is 12.5. The molecule has 0 aromatic carbocycles. The minimum Gasteiger partial charge on any atom is -0.466 e. The van der Waals surface area contributed by atoms with Crippen LogP contribution in [0.5, 0.6) is 0 Å². The number of allylic oxidation sites excluding steroid dienone is 6. The molecule has 6 nitrogen and oxygen atoms in total. The number of unbranched alkanes of at least 4 members (excludes halogenated alkanes) is 49. The van der Waals surface area contributed by atoms with Crippen LogP contribution >= 0.6 is 0 Å². The molecule has 460 valence electrons. The number of aliphatic hydroxyl groups excluding tert-OH is 2. The summed E-state index contributed by atoms with van der Waals surface area (Å²) < 4.78 is 5.50. The lowest BCUT2D eigenvalue weighted by molar-refractivity contribution is -0.143. The van der Waals surface area contributed by atoms with Crippen LogP contribution in [0.1, 0.15) is 386 Å². The SMILES string of the molecule is CCCCC/C=C\C/C=C\CCCCCCCCCCCC(=O)OCCCCCCCCCC/C=C\CCCCCCCCCC(=O)NC(CO)C(O)CCCCCCCCCCCCCCCCCCCCCCCCC. The highest BCUT2D eigenvalue weighted by atomic mass is 16.5. The molecule has 0 aromatic heterocycles. The van der Waals surface area contributed by atoms with Crippen LogP contribution in [0.25, 0.3) is 0 Å². The molecule has 78 heavy (non-hydrogen) atoms. The molecule has 0 aliphatic heterocycles. The van der Waals surface area contributed by atoms with Crippen molar-refractivity contribution in [2.45, 2.75) is 398 Å². The smallest absolute Gasteiger partial charge is 0.305 e. The van der Waals surface area contributed by atoms with Crippen molar-refractivity contribution in [2.24, 2.45) is 0 Å². The van der Waals surface area contributed by atoms with E-state index >= 15 is 0 Å². The van der Waals surface area contributed by atoms with Crippen molar-refractivity contribution in [3.8, 4) is 0 Å². The molecule has 0 heterocycles. The van der Waals surface area contributed by atoms with E-state index in [9.17, 15) is 19.8 Å². The quantitative estimate of drug-likeness (QED) is 0.0320. The van der Waals surface area contributed by atoms with Gasteiger partial charge in [0.2, 0.25) is 5.91 Å². The third-order valence-electron chi connectivity index (χ3n) is 16.4. The summed E-state index contributed by atoms with van der Waals surface area (Å²) in [4.78, 5) is 24.7. The van der Waals surface area contributed by atoms with Gasteiger partial charge < -0.3 is 20.3 Å². The average Bonchev–Trinajstić information content (AvgIpc) is 3.44. The van der Waals surface area contributed by atoms with Crippen molar-refractivity contribution in [1.82, 2.24) is 5.32 Å². The van der Waals surface area contributed by atoms with E-state index in [4.69, 9.17) is 4.74 Å². The van der Waals surface area contributed by atoms with Crippen LogP contribution in [0.4, 0.5) is 0 Å². The Kier molecular flexibility index (Phi) is 65.9. The van der Waals surface area contributed by atoms with Gasteiger partial charge in [0.05, 0.1) is 25.4 Å². The van der Waals surface area contributed by atoms with Gasteiger partial charge in [0.25, 0.3) is 0 Å². The van der Waals surface area contributed by atoms with Gasteiger partial charge in [-0.15, -0.1) is 0 Å². The molecule has 0 saturated carbocycles. The Morgan fingerprint density at radius 1 is 0.359 bits per heavy atom. The topological polar surface area (TPSA) is 95.9 Å². The van der Waals surface area contributed by atoms with E-state index in [1.807, 2.05) is 0 Å². The Morgan fingerprint density at radius 3 is 1.01 bits per heavy atom. The number of amides is 1. The van der Waals surface area contributed by atoms with Gasteiger partial charge in [0, 0.05) is 12.8 Å². The van der Waals surface area contributed by atoms with Crippen molar-refractivity contribution in [3.63, 3.8) is 0 Å². The minimum absolute atomic E-state index is 0.00104. The number of hydrogen-bond acceptors (Lipinski definition) is 5. The first kappa shape index (κ1) is 76.1. The summed E-state index contributed by atoms with van der Waals surface area (Å²) in [5.41, 5.74) is 0. The fourth-order valence-corrected chi connectivity index (χ4v) is 11.0. The van der Waals surface area contributed by atoms with Crippen molar-refractivity contribution in [3.05, 3.63) is 36.5 Å². The highest BCUT2D eigenvalue weighted by Crippen LogP contribution is 2.19. The second-order valence-electron chi connectivity index (χ2n) is 24.2. The van der Waals surface area contributed by atoms with Gasteiger partial charge in [-0.05, 0) is 83.5 Å². The summed E-state index contributed by atoms with van der Waals surface area (Å²) in [5.74, 6) is -0.0397. The second-order valence-corrected chi connectivity index (χ2v) is 24.2. The van der Waals surface area contributed by atoms with Crippen molar-refractivity contribution in [2.75, 3.05) is 13.2 Å². The molecule has 3 N–H and O–H groups in total. The molecule has 0 aliphatic rings. The Morgan fingerprint density at radius 2 is 0.641 bits per heavy atom. The highest BCUT2D eigenvalue weighted by Gasteiger charge is 2.20. The van der Waals surface area contributed by atoms with E-state index < -0.39 is 12.1 Å². The van der Waals surface area contributed by atoms with Gasteiger partial charge in [0.15, 0.2) is 0 Å². The maximum absolute atomic E-state index is 12.5. The number of esters is 1. The van der Waals surface area contributed by atoms with E-state index in [0.717, 1.165) is 51.4 Å². The summed E-state index contributed by atoms with van der Waals surface area (Å²) in [6.07, 6.45) is 86.1. The van der Waals surface area contributed by atoms with Gasteiger partial charge >= 0.3 is 5.97 Å². The zero-order chi connectivity index (χ0) is 56.4. The molecule has 2 atom stereocenters. The van der Waals surface area contributed by atoms with E-state index in [1.54, 1.807) is 0 Å². The van der Waals surface area contributed by atoms with Crippen LogP contribution in [0.2, 0.25) is 0 Å².